The fraction of sp³-hybridized carbons (Fsp3) is 0.350. The molecule has 0 saturated carbocycles. The molecule has 1 amide bonds. The summed E-state index contributed by atoms with van der Waals surface area (Å²) in [5.74, 6) is 0.734. The summed E-state index contributed by atoms with van der Waals surface area (Å²) in [6, 6.07) is 14.0. The number of amides is 1. The molecule has 0 bridgehead atoms. The number of ether oxygens (including phenoxy) is 1. The second-order valence-corrected chi connectivity index (χ2v) is 6.90. The third kappa shape index (κ3) is 3.75. The highest BCUT2D eigenvalue weighted by molar-refractivity contribution is 7.98. The number of nitrogens with one attached hydrogen (secondary N) is 1. The summed E-state index contributed by atoms with van der Waals surface area (Å²) in [7, 11) is 0. The van der Waals surface area contributed by atoms with Crippen molar-refractivity contribution in [1.29, 1.82) is 0 Å². The zero-order chi connectivity index (χ0) is 16.9. The van der Waals surface area contributed by atoms with Crippen LogP contribution in [-0.4, -0.2) is 18.3 Å². The van der Waals surface area contributed by atoms with Crippen molar-refractivity contribution in [3.8, 4) is 5.75 Å². The van der Waals surface area contributed by atoms with Gasteiger partial charge in [-0.05, 0) is 68.2 Å². The molecule has 4 heteroatoms. The van der Waals surface area contributed by atoms with Crippen LogP contribution >= 0.6 is 11.8 Å². The van der Waals surface area contributed by atoms with Crippen molar-refractivity contribution in [2.75, 3.05) is 11.6 Å². The molecule has 0 heterocycles. The van der Waals surface area contributed by atoms with Gasteiger partial charge in [0.25, 0.3) is 5.91 Å². The van der Waals surface area contributed by atoms with Crippen LogP contribution in [0.15, 0.2) is 47.4 Å². The average molecular weight is 341 g/mol. The number of carbonyl (C=O) groups is 1. The highest BCUT2D eigenvalue weighted by Gasteiger charge is 2.20. The van der Waals surface area contributed by atoms with Gasteiger partial charge in [0.2, 0.25) is 0 Å². The van der Waals surface area contributed by atoms with E-state index in [9.17, 15) is 4.79 Å². The van der Waals surface area contributed by atoms with E-state index in [1.54, 1.807) is 18.7 Å². The van der Waals surface area contributed by atoms with Gasteiger partial charge in [-0.15, -0.1) is 11.8 Å². The van der Waals surface area contributed by atoms with Gasteiger partial charge in [-0.1, -0.05) is 24.3 Å². The normalized spacial score (nSPS) is 14.6. The standard InChI is InChI=1S/C20H23NO2S/c1-14(20(22)21-17-11-5-6-13-19(17)24-2)23-18-12-7-9-15-8-3-4-10-16(15)18/h5-7,9,11-14H,3-4,8,10H2,1-2H3,(H,21,22)/t14-/m1/s1. The number of carbonyl (C=O) groups excluding carboxylic acids is 1. The molecule has 1 aliphatic rings. The Labute approximate surface area is 147 Å². The van der Waals surface area contributed by atoms with Crippen LogP contribution in [0, 0.1) is 0 Å². The highest BCUT2D eigenvalue weighted by Crippen LogP contribution is 2.30. The zero-order valence-corrected chi connectivity index (χ0v) is 15.0. The van der Waals surface area contributed by atoms with Gasteiger partial charge in [-0.3, -0.25) is 4.79 Å². The Balaban J connectivity index is 1.71. The molecule has 1 aliphatic carbocycles. The SMILES string of the molecule is CSc1ccccc1NC(=O)[C@@H](C)Oc1cccc2c1CCCC2. The van der Waals surface area contributed by atoms with Crippen molar-refractivity contribution in [1.82, 2.24) is 0 Å². The molecule has 2 aromatic carbocycles. The summed E-state index contributed by atoms with van der Waals surface area (Å²) in [5.41, 5.74) is 3.47. The lowest BCUT2D eigenvalue weighted by atomic mass is 9.91. The summed E-state index contributed by atoms with van der Waals surface area (Å²) in [5, 5.41) is 2.98. The number of hydrogen-bond acceptors (Lipinski definition) is 3. The van der Waals surface area contributed by atoms with Gasteiger partial charge in [-0.2, -0.15) is 0 Å². The van der Waals surface area contributed by atoms with Crippen LogP contribution in [0.5, 0.6) is 5.75 Å². The number of benzene rings is 2. The van der Waals surface area contributed by atoms with Crippen molar-refractivity contribution < 1.29 is 9.53 Å². The molecular formula is C20H23NO2S. The van der Waals surface area contributed by atoms with E-state index >= 15 is 0 Å². The van der Waals surface area contributed by atoms with Crippen LogP contribution in [0.3, 0.4) is 0 Å². The monoisotopic (exact) mass is 341 g/mol. The van der Waals surface area contributed by atoms with Crippen LogP contribution in [0.4, 0.5) is 5.69 Å². The molecule has 1 atom stereocenters. The molecule has 0 unspecified atom stereocenters. The number of aryl methyl sites for hydroxylation is 1. The lowest BCUT2D eigenvalue weighted by Crippen LogP contribution is -2.30. The number of anilines is 1. The van der Waals surface area contributed by atoms with Gasteiger partial charge in [0.15, 0.2) is 6.10 Å². The Hall–Kier alpha value is -1.94. The Morgan fingerprint density at radius 2 is 1.92 bits per heavy atom. The van der Waals surface area contributed by atoms with E-state index in [4.69, 9.17) is 4.74 Å². The van der Waals surface area contributed by atoms with Crippen LogP contribution in [0.2, 0.25) is 0 Å². The summed E-state index contributed by atoms with van der Waals surface area (Å²) >= 11 is 1.62. The van der Waals surface area contributed by atoms with Crippen LogP contribution in [0.1, 0.15) is 30.9 Å². The summed E-state index contributed by atoms with van der Waals surface area (Å²) in [6.45, 7) is 1.80. The third-order valence-corrected chi connectivity index (χ3v) is 5.19. The minimum absolute atomic E-state index is 0.120. The molecule has 3 rings (SSSR count). The molecular weight excluding hydrogens is 318 g/mol. The third-order valence-electron chi connectivity index (χ3n) is 4.39. The van der Waals surface area contributed by atoms with Gasteiger partial charge >= 0.3 is 0 Å². The Bertz CT molecular complexity index is 729. The first-order valence-corrected chi connectivity index (χ1v) is 9.63. The molecule has 0 saturated heterocycles. The van der Waals surface area contributed by atoms with Gasteiger partial charge in [-0.25, -0.2) is 0 Å². The maximum atomic E-state index is 12.5. The Morgan fingerprint density at radius 3 is 2.75 bits per heavy atom. The number of hydrogen-bond donors (Lipinski definition) is 1. The van der Waals surface area contributed by atoms with E-state index in [1.165, 1.54) is 24.0 Å². The maximum Gasteiger partial charge on any atom is 0.265 e. The summed E-state index contributed by atoms with van der Waals surface area (Å²) in [4.78, 5) is 13.6. The minimum Gasteiger partial charge on any atom is -0.481 e. The predicted molar refractivity (Wildman–Crippen MR) is 100 cm³/mol. The van der Waals surface area contributed by atoms with E-state index < -0.39 is 6.10 Å². The van der Waals surface area contributed by atoms with Crippen molar-refractivity contribution in [2.24, 2.45) is 0 Å². The van der Waals surface area contributed by atoms with Crippen LogP contribution in [0.25, 0.3) is 0 Å². The minimum atomic E-state index is -0.534. The van der Waals surface area contributed by atoms with Gasteiger partial charge < -0.3 is 10.1 Å². The molecule has 0 radical (unpaired) electrons. The van der Waals surface area contributed by atoms with Gasteiger partial charge in [0.05, 0.1) is 5.69 Å². The van der Waals surface area contributed by atoms with Crippen molar-refractivity contribution in [3.63, 3.8) is 0 Å². The number of thioether (sulfide) groups is 1. The summed E-state index contributed by atoms with van der Waals surface area (Å²) < 4.78 is 6.00. The molecule has 126 valence electrons. The Morgan fingerprint density at radius 1 is 1.12 bits per heavy atom. The smallest absolute Gasteiger partial charge is 0.265 e. The van der Waals surface area contributed by atoms with E-state index in [0.717, 1.165) is 29.2 Å². The van der Waals surface area contributed by atoms with Crippen molar-refractivity contribution in [3.05, 3.63) is 53.6 Å². The Kier molecular flexibility index (Phi) is 5.46. The molecule has 3 nitrogen and oxygen atoms in total. The van der Waals surface area contributed by atoms with Crippen LogP contribution < -0.4 is 10.1 Å². The average Bonchev–Trinajstić information content (AvgIpc) is 2.62. The summed E-state index contributed by atoms with van der Waals surface area (Å²) in [6.07, 6.45) is 6.03. The second-order valence-electron chi connectivity index (χ2n) is 6.05. The lowest BCUT2D eigenvalue weighted by Gasteiger charge is -2.22. The fourth-order valence-corrected chi connectivity index (χ4v) is 3.64. The van der Waals surface area contributed by atoms with E-state index in [0.29, 0.717) is 0 Å². The molecule has 24 heavy (non-hydrogen) atoms. The van der Waals surface area contributed by atoms with E-state index in [-0.39, 0.29) is 5.91 Å². The highest BCUT2D eigenvalue weighted by atomic mass is 32.2. The van der Waals surface area contributed by atoms with Crippen molar-refractivity contribution >= 4 is 23.4 Å². The second kappa shape index (κ2) is 7.75. The van der Waals surface area contributed by atoms with E-state index in [1.807, 2.05) is 42.7 Å². The lowest BCUT2D eigenvalue weighted by molar-refractivity contribution is -0.122. The molecule has 1 N–H and O–H groups in total. The van der Waals surface area contributed by atoms with Crippen molar-refractivity contribution in [2.45, 2.75) is 43.6 Å². The topological polar surface area (TPSA) is 38.3 Å². The molecule has 0 spiro atoms. The predicted octanol–water partition coefficient (Wildman–Crippen LogP) is 4.69. The number of fused-ring (bicyclic) bond motifs is 1. The first kappa shape index (κ1) is 16.9. The maximum absolute atomic E-state index is 12.5. The molecule has 0 fully saturated rings. The number of rotatable bonds is 5. The number of para-hydroxylation sites is 1. The molecule has 0 aromatic heterocycles. The molecule has 0 aliphatic heterocycles. The largest absolute Gasteiger partial charge is 0.481 e. The van der Waals surface area contributed by atoms with Gasteiger partial charge in [0.1, 0.15) is 5.75 Å². The first-order valence-electron chi connectivity index (χ1n) is 8.40. The van der Waals surface area contributed by atoms with Gasteiger partial charge in [0, 0.05) is 4.90 Å². The molecule has 2 aromatic rings. The quantitative estimate of drug-likeness (QED) is 0.802. The first-order chi connectivity index (χ1) is 11.7. The van der Waals surface area contributed by atoms with E-state index in [2.05, 4.69) is 11.4 Å². The van der Waals surface area contributed by atoms with Crippen LogP contribution in [-0.2, 0) is 17.6 Å². The zero-order valence-electron chi connectivity index (χ0n) is 14.2. The fourth-order valence-electron chi connectivity index (χ4n) is 3.08.